The van der Waals surface area contributed by atoms with Crippen LogP contribution in [0.2, 0.25) is 10.0 Å². The first-order chi connectivity index (χ1) is 10.1. The Morgan fingerprint density at radius 1 is 1.29 bits per heavy atom. The SMILES string of the molecule is CCOc1c(Cl)cc(C(=O)Nc2nonc2CC)cc1Cl. The molecule has 1 N–H and O–H groups in total. The van der Waals surface area contributed by atoms with Gasteiger partial charge in [-0.1, -0.05) is 35.3 Å². The van der Waals surface area contributed by atoms with E-state index in [1.807, 2.05) is 13.8 Å². The van der Waals surface area contributed by atoms with Crippen LogP contribution in [-0.4, -0.2) is 22.8 Å². The number of aryl methyl sites for hydroxylation is 1. The molecule has 0 saturated carbocycles. The third-order valence-electron chi connectivity index (χ3n) is 2.67. The average molecular weight is 330 g/mol. The van der Waals surface area contributed by atoms with Crippen LogP contribution < -0.4 is 10.1 Å². The molecule has 0 aliphatic heterocycles. The molecule has 0 saturated heterocycles. The second-order valence-electron chi connectivity index (χ2n) is 4.07. The number of hydrogen-bond acceptors (Lipinski definition) is 5. The minimum Gasteiger partial charge on any atom is -0.491 e. The molecule has 0 aliphatic rings. The Morgan fingerprint density at radius 3 is 2.52 bits per heavy atom. The van der Waals surface area contributed by atoms with E-state index < -0.39 is 5.91 Å². The lowest BCUT2D eigenvalue weighted by molar-refractivity contribution is 0.102. The predicted molar refractivity (Wildman–Crippen MR) is 79.3 cm³/mol. The predicted octanol–water partition coefficient (Wildman–Crippen LogP) is 3.59. The molecule has 1 amide bonds. The van der Waals surface area contributed by atoms with Gasteiger partial charge in [-0.3, -0.25) is 4.79 Å². The summed E-state index contributed by atoms with van der Waals surface area (Å²) < 4.78 is 9.90. The molecule has 112 valence electrons. The van der Waals surface area contributed by atoms with Crippen LogP contribution >= 0.6 is 23.2 Å². The number of benzene rings is 1. The maximum Gasteiger partial charge on any atom is 0.257 e. The normalized spacial score (nSPS) is 10.5. The molecule has 0 spiro atoms. The maximum absolute atomic E-state index is 12.2. The highest BCUT2D eigenvalue weighted by atomic mass is 35.5. The van der Waals surface area contributed by atoms with E-state index in [1.54, 1.807) is 0 Å². The molecule has 1 heterocycles. The Kier molecular flexibility index (Phi) is 5.03. The Balaban J connectivity index is 2.24. The molecule has 1 aromatic carbocycles. The largest absolute Gasteiger partial charge is 0.491 e. The monoisotopic (exact) mass is 329 g/mol. The van der Waals surface area contributed by atoms with E-state index in [-0.39, 0.29) is 15.9 Å². The Labute approximate surface area is 131 Å². The van der Waals surface area contributed by atoms with Gasteiger partial charge in [0, 0.05) is 5.56 Å². The molecule has 21 heavy (non-hydrogen) atoms. The van der Waals surface area contributed by atoms with Crippen molar-refractivity contribution in [3.8, 4) is 5.75 Å². The van der Waals surface area contributed by atoms with E-state index in [4.69, 9.17) is 27.9 Å². The molecule has 2 rings (SSSR count). The van der Waals surface area contributed by atoms with Crippen LogP contribution in [0.3, 0.4) is 0 Å². The second kappa shape index (κ2) is 6.78. The molecule has 0 radical (unpaired) electrons. The van der Waals surface area contributed by atoms with Crippen molar-refractivity contribution in [1.29, 1.82) is 0 Å². The van der Waals surface area contributed by atoms with E-state index >= 15 is 0 Å². The zero-order valence-corrected chi connectivity index (χ0v) is 13.0. The van der Waals surface area contributed by atoms with E-state index in [1.165, 1.54) is 12.1 Å². The fraction of sp³-hybridized carbons (Fsp3) is 0.308. The summed E-state index contributed by atoms with van der Waals surface area (Å²) in [6.07, 6.45) is 0.587. The van der Waals surface area contributed by atoms with E-state index in [0.29, 0.717) is 30.0 Å². The van der Waals surface area contributed by atoms with Crippen molar-refractivity contribution >= 4 is 34.9 Å². The van der Waals surface area contributed by atoms with Crippen LogP contribution in [-0.2, 0) is 6.42 Å². The molecule has 2 aromatic rings. The topological polar surface area (TPSA) is 77.2 Å². The molecular formula is C13H13Cl2N3O3. The first-order valence-corrected chi connectivity index (χ1v) is 7.07. The van der Waals surface area contributed by atoms with Gasteiger partial charge in [0.25, 0.3) is 5.91 Å². The van der Waals surface area contributed by atoms with Gasteiger partial charge in [-0.25, -0.2) is 4.63 Å². The third kappa shape index (κ3) is 3.46. The van der Waals surface area contributed by atoms with Gasteiger partial charge in [0.15, 0.2) is 5.75 Å². The molecule has 0 bridgehead atoms. The van der Waals surface area contributed by atoms with Crippen molar-refractivity contribution < 1.29 is 14.2 Å². The number of anilines is 1. The van der Waals surface area contributed by atoms with Gasteiger partial charge < -0.3 is 10.1 Å². The van der Waals surface area contributed by atoms with Crippen molar-refractivity contribution in [3.05, 3.63) is 33.4 Å². The smallest absolute Gasteiger partial charge is 0.257 e. The number of nitrogens with zero attached hydrogens (tertiary/aromatic N) is 2. The number of amides is 1. The standard InChI is InChI=1S/C13H13Cl2N3O3/c1-3-10-12(18-21-17-10)16-13(19)7-5-8(14)11(20-4-2)9(15)6-7/h5-6H,3-4H2,1-2H3,(H,16,18,19). The lowest BCUT2D eigenvalue weighted by Crippen LogP contribution is -2.13. The Bertz CT molecular complexity index is 635. The number of rotatable bonds is 5. The van der Waals surface area contributed by atoms with Gasteiger partial charge in [0.05, 0.1) is 16.7 Å². The van der Waals surface area contributed by atoms with Gasteiger partial charge in [-0.15, -0.1) is 0 Å². The summed E-state index contributed by atoms with van der Waals surface area (Å²) in [6.45, 7) is 4.12. The summed E-state index contributed by atoms with van der Waals surface area (Å²) >= 11 is 12.1. The first-order valence-electron chi connectivity index (χ1n) is 6.31. The van der Waals surface area contributed by atoms with Crippen LogP contribution in [0.15, 0.2) is 16.8 Å². The molecule has 0 atom stereocenters. The Morgan fingerprint density at radius 2 is 1.95 bits per heavy atom. The fourth-order valence-corrected chi connectivity index (χ4v) is 2.28. The summed E-state index contributed by atoms with van der Waals surface area (Å²) in [7, 11) is 0. The zero-order valence-electron chi connectivity index (χ0n) is 11.4. The first kappa shape index (κ1) is 15.6. The van der Waals surface area contributed by atoms with Crippen LogP contribution in [0.25, 0.3) is 0 Å². The molecule has 0 aliphatic carbocycles. The minimum absolute atomic E-state index is 0.267. The van der Waals surface area contributed by atoms with E-state index in [2.05, 4.69) is 20.3 Å². The highest BCUT2D eigenvalue weighted by Gasteiger charge is 2.17. The number of carbonyl (C=O) groups excluding carboxylic acids is 1. The molecule has 6 nitrogen and oxygen atoms in total. The van der Waals surface area contributed by atoms with Crippen LogP contribution in [0.5, 0.6) is 5.75 Å². The number of nitrogens with one attached hydrogen (secondary N) is 1. The summed E-state index contributed by atoms with van der Waals surface area (Å²) in [4.78, 5) is 12.2. The van der Waals surface area contributed by atoms with E-state index in [0.717, 1.165) is 0 Å². The van der Waals surface area contributed by atoms with Crippen LogP contribution in [0, 0.1) is 0 Å². The van der Waals surface area contributed by atoms with Crippen molar-refractivity contribution in [2.24, 2.45) is 0 Å². The molecule has 8 heteroatoms. The number of ether oxygens (including phenoxy) is 1. The third-order valence-corrected chi connectivity index (χ3v) is 3.23. The number of carbonyl (C=O) groups is 1. The van der Waals surface area contributed by atoms with Crippen LogP contribution in [0.1, 0.15) is 29.9 Å². The second-order valence-corrected chi connectivity index (χ2v) is 4.88. The molecule has 0 fully saturated rings. The minimum atomic E-state index is -0.410. The highest BCUT2D eigenvalue weighted by molar-refractivity contribution is 6.37. The molecule has 1 aromatic heterocycles. The summed E-state index contributed by atoms with van der Waals surface area (Å²) in [5.41, 5.74) is 0.852. The maximum atomic E-state index is 12.2. The summed E-state index contributed by atoms with van der Waals surface area (Å²) in [6, 6.07) is 2.96. The molecular weight excluding hydrogens is 317 g/mol. The zero-order chi connectivity index (χ0) is 15.4. The lowest BCUT2D eigenvalue weighted by Gasteiger charge is -2.10. The van der Waals surface area contributed by atoms with Gasteiger partial charge >= 0.3 is 0 Å². The number of halogens is 2. The highest BCUT2D eigenvalue weighted by Crippen LogP contribution is 2.34. The number of aromatic nitrogens is 2. The van der Waals surface area contributed by atoms with Crippen molar-refractivity contribution in [1.82, 2.24) is 10.3 Å². The van der Waals surface area contributed by atoms with Gasteiger partial charge in [-0.05, 0) is 30.6 Å². The van der Waals surface area contributed by atoms with Gasteiger partial charge in [-0.2, -0.15) is 0 Å². The average Bonchev–Trinajstić information content (AvgIpc) is 2.89. The quantitative estimate of drug-likeness (QED) is 0.906. The van der Waals surface area contributed by atoms with Crippen LogP contribution in [0.4, 0.5) is 5.82 Å². The molecule has 0 unspecified atom stereocenters. The van der Waals surface area contributed by atoms with Gasteiger partial charge in [0.2, 0.25) is 5.82 Å². The van der Waals surface area contributed by atoms with Crippen molar-refractivity contribution in [2.45, 2.75) is 20.3 Å². The van der Waals surface area contributed by atoms with Crippen molar-refractivity contribution in [2.75, 3.05) is 11.9 Å². The van der Waals surface area contributed by atoms with Gasteiger partial charge in [0.1, 0.15) is 5.69 Å². The summed E-state index contributed by atoms with van der Waals surface area (Å²) in [5, 5.41) is 10.5. The number of hydrogen-bond donors (Lipinski definition) is 1. The lowest BCUT2D eigenvalue weighted by atomic mass is 10.2. The summed E-state index contributed by atoms with van der Waals surface area (Å²) in [5.74, 6) is 0.227. The van der Waals surface area contributed by atoms with Crippen molar-refractivity contribution in [3.63, 3.8) is 0 Å². The Hall–Kier alpha value is -1.79. The fourth-order valence-electron chi connectivity index (χ4n) is 1.69. The van der Waals surface area contributed by atoms with E-state index in [9.17, 15) is 4.79 Å².